The van der Waals surface area contributed by atoms with Crippen molar-refractivity contribution in [2.75, 3.05) is 13.7 Å². The van der Waals surface area contributed by atoms with Crippen molar-refractivity contribution >= 4 is 11.8 Å². The Balaban J connectivity index is 2.38. The molecule has 0 fully saturated rings. The largest absolute Gasteiger partial charge is 0.497 e. The van der Waals surface area contributed by atoms with Crippen molar-refractivity contribution in [2.24, 2.45) is 0 Å². The Bertz CT molecular complexity index is 469. The summed E-state index contributed by atoms with van der Waals surface area (Å²) >= 11 is 0. The Kier molecular flexibility index (Phi) is 6.72. The summed E-state index contributed by atoms with van der Waals surface area (Å²) in [5, 5.41) is 2.85. The number of ether oxygens (including phenoxy) is 1. The van der Waals surface area contributed by atoms with Gasteiger partial charge in [-0.15, -0.1) is 0 Å². The number of carbonyl (C=O) groups excluding carboxylic acids is 2. The molecule has 0 saturated heterocycles. The summed E-state index contributed by atoms with van der Waals surface area (Å²) in [5.41, 5.74) is 1.01. The van der Waals surface area contributed by atoms with E-state index in [1.54, 1.807) is 12.0 Å². The highest BCUT2D eigenvalue weighted by atomic mass is 16.5. The monoisotopic (exact) mass is 292 g/mol. The molecule has 2 amide bonds. The first kappa shape index (κ1) is 17.0. The molecule has 21 heavy (non-hydrogen) atoms. The van der Waals surface area contributed by atoms with Crippen LogP contribution in [0, 0.1) is 0 Å². The molecule has 0 atom stereocenters. The van der Waals surface area contributed by atoms with Crippen LogP contribution < -0.4 is 10.1 Å². The molecular formula is C16H24N2O3. The summed E-state index contributed by atoms with van der Waals surface area (Å²) in [6.07, 6.45) is 0.313. The number of rotatable bonds is 7. The highest BCUT2D eigenvalue weighted by Gasteiger charge is 2.13. The molecule has 0 bridgehead atoms. The van der Waals surface area contributed by atoms with E-state index in [9.17, 15) is 9.59 Å². The van der Waals surface area contributed by atoms with Crippen molar-refractivity contribution in [3.05, 3.63) is 29.8 Å². The Morgan fingerprint density at radius 2 is 1.86 bits per heavy atom. The van der Waals surface area contributed by atoms with Crippen LogP contribution >= 0.6 is 0 Å². The third-order valence-corrected chi connectivity index (χ3v) is 3.26. The molecule has 0 radical (unpaired) electrons. The molecule has 0 aromatic heterocycles. The normalized spacial score (nSPS) is 10.3. The third-order valence-electron chi connectivity index (χ3n) is 3.26. The fourth-order valence-electron chi connectivity index (χ4n) is 2.03. The van der Waals surface area contributed by atoms with E-state index in [1.807, 2.05) is 38.1 Å². The zero-order valence-corrected chi connectivity index (χ0v) is 13.2. The van der Waals surface area contributed by atoms with Gasteiger partial charge in [-0.3, -0.25) is 9.59 Å². The van der Waals surface area contributed by atoms with Crippen LogP contribution in [-0.4, -0.2) is 36.4 Å². The molecule has 0 heterocycles. The molecule has 1 N–H and O–H groups in total. The smallest absolute Gasteiger partial charge is 0.222 e. The van der Waals surface area contributed by atoms with Gasteiger partial charge >= 0.3 is 0 Å². The summed E-state index contributed by atoms with van der Waals surface area (Å²) in [7, 11) is 1.62. The molecule has 0 unspecified atom stereocenters. The SMILES string of the molecule is COc1ccc(CNC(=O)CCN(C(C)=O)C(C)C)cc1. The number of hydrogen-bond acceptors (Lipinski definition) is 3. The van der Waals surface area contributed by atoms with Gasteiger partial charge in [-0.25, -0.2) is 0 Å². The molecule has 0 saturated carbocycles. The van der Waals surface area contributed by atoms with Crippen molar-refractivity contribution in [1.82, 2.24) is 10.2 Å². The van der Waals surface area contributed by atoms with E-state index in [0.29, 0.717) is 19.5 Å². The van der Waals surface area contributed by atoms with Gasteiger partial charge < -0.3 is 15.0 Å². The Labute approximate surface area is 126 Å². The minimum absolute atomic E-state index is 0.00652. The average Bonchev–Trinajstić information content (AvgIpc) is 2.45. The van der Waals surface area contributed by atoms with Gasteiger partial charge in [0, 0.05) is 32.5 Å². The van der Waals surface area contributed by atoms with Crippen molar-refractivity contribution in [1.29, 1.82) is 0 Å². The Morgan fingerprint density at radius 1 is 1.24 bits per heavy atom. The summed E-state index contributed by atoms with van der Waals surface area (Å²) < 4.78 is 5.08. The summed E-state index contributed by atoms with van der Waals surface area (Å²) in [6.45, 7) is 6.33. The number of benzene rings is 1. The minimum Gasteiger partial charge on any atom is -0.497 e. The van der Waals surface area contributed by atoms with Crippen LogP contribution in [0.4, 0.5) is 0 Å². The first-order chi connectivity index (χ1) is 9.93. The molecule has 116 valence electrons. The van der Waals surface area contributed by atoms with Crippen LogP contribution in [0.25, 0.3) is 0 Å². The quantitative estimate of drug-likeness (QED) is 0.835. The van der Waals surface area contributed by atoms with Gasteiger partial charge in [0.15, 0.2) is 0 Å². The van der Waals surface area contributed by atoms with Crippen LogP contribution in [0.3, 0.4) is 0 Å². The van der Waals surface area contributed by atoms with Gasteiger partial charge in [0.05, 0.1) is 7.11 Å². The average molecular weight is 292 g/mol. The highest BCUT2D eigenvalue weighted by Crippen LogP contribution is 2.11. The minimum atomic E-state index is -0.0577. The zero-order chi connectivity index (χ0) is 15.8. The van der Waals surface area contributed by atoms with Crippen LogP contribution in [0.5, 0.6) is 5.75 Å². The van der Waals surface area contributed by atoms with Crippen LogP contribution in [0.2, 0.25) is 0 Å². The van der Waals surface area contributed by atoms with Gasteiger partial charge in [-0.05, 0) is 31.5 Å². The lowest BCUT2D eigenvalue weighted by Crippen LogP contribution is -2.38. The van der Waals surface area contributed by atoms with E-state index in [0.717, 1.165) is 11.3 Å². The van der Waals surface area contributed by atoms with Gasteiger partial charge in [0.2, 0.25) is 11.8 Å². The van der Waals surface area contributed by atoms with E-state index in [1.165, 1.54) is 6.92 Å². The van der Waals surface area contributed by atoms with E-state index < -0.39 is 0 Å². The molecule has 1 aromatic carbocycles. The zero-order valence-electron chi connectivity index (χ0n) is 13.2. The molecule has 0 aliphatic carbocycles. The van der Waals surface area contributed by atoms with E-state index in [4.69, 9.17) is 4.74 Å². The molecule has 5 nitrogen and oxygen atoms in total. The van der Waals surface area contributed by atoms with Gasteiger partial charge in [0.1, 0.15) is 5.75 Å². The summed E-state index contributed by atoms with van der Waals surface area (Å²) in [4.78, 5) is 24.9. The van der Waals surface area contributed by atoms with Crippen molar-refractivity contribution in [2.45, 2.75) is 39.8 Å². The van der Waals surface area contributed by atoms with Crippen LogP contribution in [0.15, 0.2) is 24.3 Å². The topological polar surface area (TPSA) is 58.6 Å². The molecule has 1 rings (SSSR count). The highest BCUT2D eigenvalue weighted by molar-refractivity contribution is 5.78. The third kappa shape index (κ3) is 5.85. The summed E-state index contributed by atoms with van der Waals surface area (Å²) in [6, 6.07) is 7.65. The van der Waals surface area contributed by atoms with Crippen molar-refractivity contribution < 1.29 is 14.3 Å². The van der Waals surface area contributed by atoms with E-state index in [-0.39, 0.29) is 17.9 Å². The molecule has 0 aliphatic rings. The van der Waals surface area contributed by atoms with Crippen LogP contribution in [-0.2, 0) is 16.1 Å². The van der Waals surface area contributed by atoms with E-state index in [2.05, 4.69) is 5.32 Å². The second-order valence-corrected chi connectivity index (χ2v) is 5.18. The second-order valence-electron chi connectivity index (χ2n) is 5.18. The van der Waals surface area contributed by atoms with Crippen molar-refractivity contribution in [3.8, 4) is 5.75 Å². The second kappa shape index (κ2) is 8.29. The predicted molar refractivity (Wildman–Crippen MR) is 82.0 cm³/mol. The molecule has 1 aromatic rings. The maximum Gasteiger partial charge on any atom is 0.222 e. The first-order valence-corrected chi connectivity index (χ1v) is 7.11. The molecular weight excluding hydrogens is 268 g/mol. The lowest BCUT2D eigenvalue weighted by atomic mass is 10.2. The van der Waals surface area contributed by atoms with Gasteiger partial charge in [-0.2, -0.15) is 0 Å². The van der Waals surface area contributed by atoms with Gasteiger partial charge in [0.25, 0.3) is 0 Å². The standard InChI is InChI=1S/C16H24N2O3/c1-12(2)18(13(3)19)10-9-16(20)17-11-14-5-7-15(21-4)8-6-14/h5-8,12H,9-11H2,1-4H3,(H,17,20). The fourth-order valence-corrected chi connectivity index (χ4v) is 2.03. The Morgan fingerprint density at radius 3 is 2.33 bits per heavy atom. The number of amides is 2. The summed E-state index contributed by atoms with van der Waals surface area (Å²) in [5.74, 6) is 0.727. The maximum atomic E-state index is 11.8. The maximum absolute atomic E-state index is 11.8. The number of methoxy groups -OCH3 is 1. The first-order valence-electron chi connectivity index (χ1n) is 7.11. The number of nitrogens with one attached hydrogen (secondary N) is 1. The number of nitrogens with zero attached hydrogens (tertiary/aromatic N) is 1. The fraction of sp³-hybridized carbons (Fsp3) is 0.500. The predicted octanol–water partition coefficient (Wildman–Crippen LogP) is 1.96. The Hall–Kier alpha value is -2.04. The lowest BCUT2D eigenvalue weighted by Gasteiger charge is -2.24. The molecule has 5 heteroatoms. The molecule has 0 aliphatic heterocycles. The lowest BCUT2D eigenvalue weighted by molar-refractivity contribution is -0.131. The van der Waals surface area contributed by atoms with Crippen molar-refractivity contribution in [3.63, 3.8) is 0 Å². The van der Waals surface area contributed by atoms with Crippen LogP contribution in [0.1, 0.15) is 32.8 Å². The van der Waals surface area contributed by atoms with E-state index >= 15 is 0 Å². The number of hydrogen-bond donors (Lipinski definition) is 1. The number of carbonyl (C=O) groups is 2. The molecule has 0 spiro atoms. The van der Waals surface area contributed by atoms with Gasteiger partial charge in [-0.1, -0.05) is 12.1 Å².